The molecule has 1 fully saturated rings. The Hall–Kier alpha value is -0.0300. The van der Waals surface area contributed by atoms with Gasteiger partial charge in [-0.2, -0.15) is 0 Å². The lowest BCUT2D eigenvalue weighted by molar-refractivity contribution is -0.131. The lowest BCUT2D eigenvalue weighted by atomic mass is 10.3. The van der Waals surface area contributed by atoms with Crippen molar-refractivity contribution in [3.63, 3.8) is 0 Å². The van der Waals surface area contributed by atoms with E-state index in [1.165, 1.54) is 0 Å². The Balaban J connectivity index is 0. The third-order valence-corrected chi connectivity index (χ3v) is 2.70. The van der Waals surface area contributed by atoms with Crippen molar-refractivity contribution in [3.05, 3.63) is 0 Å². The number of carbonyl (C=O) groups excluding carboxylic acids is 1. The Kier molecular flexibility index (Phi) is 12.6. The molecule has 1 aliphatic heterocycles. The predicted octanol–water partition coefficient (Wildman–Crippen LogP) is 0.994. The summed E-state index contributed by atoms with van der Waals surface area (Å²) in [4.78, 5) is 16.0. The summed E-state index contributed by atoms with van der Waals surface area (Å²) in [6.07, 6.45) is 2.18. The van der Waals surface area contributed by atoms with Crippen molar-refractivity contribution in [2.45, 2.75) is 19.8 Å². The van der Waals surface area contributed by atoms with Crippen LogP contribution in [0.25, 0.3) is 0 Å². The van der Waals surface area contributed by atoms with Crippen molar-refractivity contribution in [1.82, 2.24) is 15.1 Å². The van der Waals surface area contributed by atoms with Crippen LogP contribution >= 0.6 is 24.8 Å². The lowest BCUT2D eigenvalue weighted by Gasteiger charge is -2.23. The summed E-state index contributed by atoms with van der Waals surface area (Å²) in [5.41, 5.74) is 0. The quantitative estimate of drug-likeness (QED) is 0.837. The summed E-state index contributed by atoms with van der Waals surface area (Å²) < 4.78 is 0. The largest absolute Gasteiger partial charge is 0.340 e. The Bertz CT molecular complexity index is 197. The van der Waals surface area contributed by atoms with E-state index in [2.05, 4.69) is 17.1 Å². The molecule has 6 heteroatoms. The van der Waals surface area contributed by atoms with E-state index in [-0.39, 0.29) is 30.7 Å². The van der Waals surface area contributed by atoms with Crippen LogP contribution in [0.4, 0.5) is 0 Å². The maximum absolute atomic E-state index is 11.9. The van der Waals surface area contributed by atoms with E-state index in [9.17, 15) is 4.79 Å². The van der Waals surface area contributed by atoms with Gasteiger partial charge in [0.1, 0.15) is 0 Å². The van der Waals surface area contributed by atoms with Gasteiger partial charge < -0.3 is 10.2 Å². The fourth-order valence-corrected chi connectivity index (χ4v) is 1.89. The highest BCUT2D eigenvalue weighted by molar-refractivity contribution is 5.85. The van der Waals surface area contributed by atoms with Crippen molar-refractivity contribution in [1.29, 1.82) is 0 Å². The van der Waals surface area contributed by atoms with Crippen LogP contribution in [0.2, 0.25) is 0 Å². The van der Waals surface area contributed by atoms with Gasteiger partial charge in [0.2, 0.25) is 5.91 Å². The minimum Gasteiger partial charge on any atom is -0.340 e. The van der Waals surface area contributed by atoms with Gasteiger partial charge in [0.15, 0.2) is 0 Å². The minimum atomic E-state index is 0. The molecule has 0 radical (unpaired) electrons. The Labute approximate surface area is 117 Å². The number of hydrogen-bond acceptors (Lipinski definition) is 3. The van der Waals surface area contributed by atoms with E-state index >= 15 is 0 Å². The van der Waals surface area contributed by atoms with E-state index in [0.29, 0.717) is 6.54 Å². The average molecular weight is 286 g/mol. The van der Waals surface area contributed by atoms with Gasteiger partial charge in [-0.15, -0.1) is 24.8 Å². The molecule has 1 amide bonds. The molecule has 104 valence electrons. The van der Waals surface area contributed by atoms with Crippen molar-refractivity contribution < 1.29 is 4.79 Å². The molecule has 1 N–H and O–H groups in total. The number of halogens is 2. The van der Waals surface area contributed by atoms with Crippen LogP contribution in [0.1, 0.15) is 19.8 Å². The van der Waals surface area contributed by atoms with Gasteiger partial charge in [-0.3, -0.25) is 9.69 Å². The Morgan fingerprint density at radius 3 is 2.65 bits per heavy atom. The smallest absolute Gasteiger partial charge is 0.236 e. The zero-order valence-electron chi connectivity index (χ0n) is 10.8. The molecule has 0 aromatic rings. The van der Waals surface area contributed by atoms with Crippen LogP contribution in [0.3, 0.4) is 0 Å². The highest BCUT2D eigenvalue weighted by atomic mass is 35.5. The van der Waals surface area contributed by atoms with E-state index in [4.69, 9.17) is 0 Å². The number of amides is 1. The van der Waals surface area contributed by atoms with E-state index in [1.807, 2.05) is 11.9 Å². The van der Waals surface area contributed by atoms with Gasteiger partial charge in [0, 0.05) is 19.6 Å². The second-order valence-electron chi connectivity index (χ2n) is 4.22. The van der Waals surface area contributed by atoms with E-state index in [0.717, 1.165) is 45.6 Å². The molecule has 0 aromatic carbocycles. The normalized spacial score (nSPS) is 15.8. The van der Waals surface area contributed by atoms with Crippen molar-refractivity contribution in [2.24, 2.45) is 0 Å². The number of rotatable bonds is 4. The third-order valence-electron chi connectivity index (χ3n) is 2.70. The van der Waals surface area contributed by atoms with Crippen molar-refractivity contribution >= 4 is 30.7 Å². The molecular formula is C11H25Cl2N3O. The molecular weight excluding hydrogens is 261 g/mol. The second-order valence-corrected chi connectivity index (χ2v) is 4.22. The number of carbonyl (C=O) groups is 1. The Morgan fingerprint density at radius 2 is 2.00 bits per heavy atom. The molecule has 0 spiro atoms. The number of hydrogen-bond donors (Lipinski definition) is 1. The van der Waals surface area contributed by atoms with Gasteiger partial charge in [0.05, 0.1) is 6.54 Å². The van der Waals surface area contributed by atoms with Crippen molar-refractivity contribution in [2.75, 3.05) is 46.3 Å². The van der Waals surface area contributed by atoms with Crippen LogP contribution in [-0.2, 0) is 4.79 Å². The molecule has 0 atom stereocenters. The molecule has 0 aliphatic carbocycles. The first kappa shape index (κ1) is 19.3. The highest BCUT2D eigenvalue weighted by Gasteiger charge is 2.16. The summed E-state index contributed by atoms with van der Waals surface area (Å²) >= 11 is 0. The summed E-state index contributed by atoms with van der Waals surface area (Å²) in [6.45, 7) is 7.44. The SMILES string of the molecule is CCCN(C)CC(=O)N1CCCNCC1.Cl.Cl. The molecule has 0 bridgehead atoms. The Morgan fingerprint density at radius 1 is 1.29 bits per heavy atom. The van der Waals surface area contributed by atoms with E-state index in [1.54, 1.807) is 0 Å². The van der Waals surface area contributed by atoms with Crippen LogP contribution in [-0.4, -0.2) is 62.0 Å². The van der Waals surface area contributed by atoms with Gasteiger partial charge in [-0.05, 0) is 33.0 Å². The topological polar surface area (TPSA) is 35.6 Å². The van der Waals surface area contributed by atoms with Crippen LogP contribution in [0, 0.1) is 0 Å². The monoisotopic (exact) mass is 285 g/mol. The molecule has 4 nitrogen and oxygen atoms in total. The second kappa shape index (κ2) is 11.1. The van der Waals surface area contributed by atoms with E-state index < -0.39 is 0 Å². The summed E-state index contributed by atoms with van der Waals surface area (Å²) in [5.74, 6) is 0.273. The van der Waals surface area contributed by atoms with Gasteiger partial charge >= 0.3 is 0 Å². The minimum absolute atomic E-state index is 0. The first-order valence-corrected chi connectivity index (χ1v) is 5.91. The number of nitrogens with zero attached hydrogens (tertiary/aromatic N) is 2. The van der Waals surface area contributed by atoms with Crippen molar-refractivity contribution in [3.8, 4) is 0 Å². The van der Waals surface area contributed by atoms with Gasteiger partial charge in [-0.25, -0.2) is 0 Å². The molecule has 1 aliphatic rings. The zero-order chi connectivity index (χ0) is 11.1. The molecule has 1 heterocycles. The summed E-state index contributed by atoms with van der Waals surface area (Å²) in [6, 6.07) is 0. The maximum atomic E-state index is 11.9. The van der Waals surface area contributed by atoms with Crippen LogP contribution in [0.15, 0.2) is 0 Å². The summed E-state index contributed by atoms with van der Waals surface area (Å²) in [5, 5.41) is 3.30. The lowest BCUT2D eigenvalue weighted by Crippen LogP contribution is -2.40. The fraction of sp³-hybridized carbons (Fsp3) is 0.909. The predicted molar refractivity (Wildman–Crippen MR) is 76.4 cm³/mol. The molecule has 0 saturated carbocycles. The van der Waals surface area contributed by atoms with Crippen LogP contribution in [0.5, 0.6) is 0 Å². The molecule has 1 saturated heterocycles. The molecule has 1 rings (SSSR count). The highest BCUT2D eigenvalue weighted by Crippen LogP contribution is 1.98. The molecule has 0 aromatic heterocycles. The first-order valence-electron chi connectivity index (χ1n) is 5.91. The van der Waals surface area contributed by atoms with Gasteiger partial charge in [-0.1, -0.05) is 6.92 Å². The maximum Gasteiger partial charge on any atom is 0.236 e. The molecule has 17 heavy (non-hydrogen) atoms. The third kappa shape index (κ3) is 7.82. The van der Waals surface area contributed by atoms with Crippen LogP contribution < -0.4 is 5.32 Å². The first-order chi connectivity index (χ1) is 7.24. The number of likely N-dealkylation sites (N-methyl/N-ethyl adjacent to an activating group) is 1. The summed E-state index contributed by atoms with van der Waals surface area (Å²) in [7, 11) is 2.01. The average Bonchev–Trinajstić information content (AvgIpc) is 2.45. The van der Waals surface area contributed by atoms with Gasteiger partial charge in [0.25, 0.3) is 0 Å². The zero-order valence-corrected chi connectivity index (χ0v) is 12.4. The number of nitrogens with one attached hydrogen (secondary N) is 1. The standard InChI is InChI=1S/C11H23N3O.2ClH/c1-3-7-13(2)10-11(15)14-8-4-5-12-6-9-14;;/h12H,3-10H2,1-2H3;2*1H. The fourth-order valence-electron chi connectivity index (χ4n) is 1.89. The molecule has 0 unspecified atom stereocenters.